The van der Waals surface area contributed by atoms with Crippen molar-refractivity contribution in [3.05, 3.63) is 0 Å². The van der Waals surface area contributed by atoms with E-state index in [1.54, 1.807) is 14.0 Å². The normalized spacial score (nSPS) is 22.6. The maximum absolute atomic E-state index is 13.2. The van der Waals surface area contributed by atoms with Crippen molar-refractivity contribution in [2.75, 3.05) is 14.1 Å². The van der Waals surface area contributed by atoms with Gasteiger partial charge in [0.25, 0.3) is 0 Å². The van der Waals surface area contributed by atoms with Gasteiger partial charge in [0.05, 0.1) is 0 Å². The molecule has 0 aliphatic heterocycles. The van der Waals surface area contributed by atoms with Crippen molar-refractivity contribution < 1.29 is 14.4 Å². The van der Waals surface area contributed by atoms with Gasteiger partial charge in [-0.25, -0.2) is 0 Å². The van der Waals surface area contributed by atoms with Crippen molar-refractivity contribution in [3.63, 3.8) is 0 Å². The van der Waals surface area contributed by atoms with Crippen LogP contribution >= 0.6 is 0 Å². The lowest BCUT2D eigenvalue weighted by molar-refractivity contribution is -0.145. The van der Waals surface area contributed by atoms with Crippen LogP contribution < -0.4 is 22.1 Å². The number of Topliss-reactive ketones (excluding diaryl/α,β-unsaturated/α-hetero) is 1. The van der Waals surface area contributed by atoms with Gasteiger partial charge in [-0.3, -0.25) is 14.4 Å². The highest BCUT2D eigenvalue weighted by atomic mass is 16.2. The summed E-state index contributed by atoms with van der Waals surface area (Å²) in [6.07, 6.45) is 4.78. The highest BCUT2D eigenvalue weighted by Crippen LogP contribution is 2.38. The summed E-state index contributed by atoms with van der Waals surface area (Å²) in [7, 11) is 3.12. The van der Waals surface area contributed by atoms with E-state index in [0.717, 1.165) is 32.1 Å². The summed E-state index contributed by atoms with van der Waals surface area (Å²) in [5, 5.41) is 5.64. The Kier molecular flexibility index (Phi) is 6.30. The summed E-state index contributed by atoms with van der Waals surface area (Å²) >= 11 is 0. The number of nitrogens with two attached hydrogens (primary N) is 2. The Morgan fingerprint density at radius 1 is 0.957 bits per heavy atom. The summed E-state index contributed by atoms with van der Waals surface area (Å²) in [5.74, 6) is -2.46. The fourth-order valence-electron chi connectivity index (χ4n) is 3.53. The van der Waals surface area contributed by atoms with Gasteiger partial charge >= 0.3 is 0 Å². The molecule has 0 bridgehead atoms. The van der Waals surface area contributed by atoms with Crippen molar-refractivity contribution in [1.29, 1.82) is 0 Å². The number of hydrogen-bond acceptors (Lipinski definition) is 5. The van der Waals surface area contributed by atoms with E-state index in [1.807, 2.05) is 0 Å². The predicted octanol–water partition coefficient (Wildman–Crippen LogP) is -0.321. The number of nitrogens with one attached hydrogen (secondary N) is 2. The molecular formula is C16H30N4O3. The van der Waals surface area contributed by atoms with Crippen LogP contribution in [0.3, 0.4) is 0 Å². The van der Waals surface area contributed by atoms with Crippen LogP contribution in [0.15, 0.2) is 0 Å². The molecule has 1 aliphatic carbocycles. The van der Waals surface area contributed by atoms with E-state index in [-0.39, 0.29) is 11.7 Å². The number of rotatable bonds is 8. The average Bonchev–Trinajstić information content (AvgIpc) is 2.54. The highest BCUT2D eigenvalue weighted by molar-refractivity contribution is 6.12. The van der Waals surface area contributed by atoms with Gasteiger partial charge in [-0.15, -0.1) is 0 Å². The molecule has 0 aromatic carbocycles. The molecule has 3 unspecified atom stereocenters. The Morgan fingerprint density at radius 2 is 1.48 bits per heavy atom. The molecule has 1 saturated carbocycles. The predicted molar refractivity (Wildman–Crippen MR) is 88.4 cm³/mol. The van der Waals surface area contributed by atoms with Crippen LogP contribution in [0.1, 0.15) is 46.0 Å². The topological polar surface area (TPSA) is 127 Å². The van der Waals surface area contributed by atoms with Crippen LogP contribution in [-0.4, -0.2) is 42.8 Å². The number of carbonyl (C=O) groups is 3. The third-order valence-electron chi connectivity index (χ3n) is 5.54. The number of carbonyl (C=O) groups excluding carboxylic acids is 3. The molecule has 1 rings (SSSR count). The second-order valence-electron chi connectivity index (χ2n) is 6.80. The molecule has 7 heteroatoms. The van der Waals surface area contributed by atoms with E-state index in [2.05, 4.69) is 10.6 Å². The SMILES string of the molecule is CNC(C)(C(N)=O)C(=O)C(C1CCCCC1)C(C)(NC)C(N)=O. The molecule has 1 aliphatic rings. The zero-order valence-electron chi connectivity index (χ0n) is 14.6. The lowest BCUT2D eigenvalue weighted by Gasteiger charge is -2.43. The summed E-state index contributed by atoms with van der Waals surface area (Å²) in [6.45, 7) is 3.09. The first kappa shape index (κ1) is 19.6. The largest absolute Gasteiger partial charge is 0.368 e. The van der Waals surface area contributed by atoms with Gasteiger partial charge in [-0.1, -0.05) is 19.3 Å². The van der Waals surface area contributed by atoms with Crippen molar-refractivity contribution in [2.24, 2.45) is 23.3 Å². The minimum absolute atomic E-state index is 0.00627. The molecule has 6 N–H and O–H groups in total. The summed E-state index contributed by atoms with van der Waals surface area (Å²) in [4.78, 5) is 37.2. The number of hydrogen-bond donors (Lipinski definition) is 4. The highest BCUT2D eigenvalue weighted by Gasteiger charge is 2.53. The Labute approximate surface area is 137 Å². The lowest BCUT2D eigenvalue weighted by atomic mass is 9.65. The van der Waals surface area contributed by atoms with E-state index in [9.17, 15) is 14.4 Å². The van der Waals surface area contributed by atoms with Crippen molar-refractivity contribution in [3.8, 4) is 0 Å². The second-order valence-corrected chi connectivity index (χ2v) is 6.80. The molecular weight excluding hydrogens is 296 g/mol. The average molecular weight is 326 g/mol. The molecule has 0 aromatic heterocycles. The second kappa shape index (κ2) is 7.40. The molecule has 23 heavy (non-hydrogen) atoms. The maximum atomic E-state index is 13.2. The van der Waals surface area contributed by atoms with Gasteiger partial charge in [0.15, 0.2) is 11.3 Å². The third-order valence-corrected chi connectivity index (χ3v) is 5.54. The van der Waals surface area contributed by atoms with Crippen molar-refractivity contribution in [1.82, 2.24) is 10.6 Å². The summed E-state index contributed by atoms with van der Waals surface area (Å²) in [6, 6.07) is 0. The lowest BCUT2D eigenvalue weighted by Crippen LogP contribution is -2.68. The third kappa shape index (κ3) is 3.55. The Bertz CT molecular complexity index is 476. The monoisotopic (exact) mass is 326 g/mol. The quantitative estimate of drug-likeness (QED) is 0.455. The van der Waals surface area contributed by atoms with E-state index >= 15 is 0 Å². The molecule has 2 amide bonds. The van der Waals surface area contributed by atoms with Crippen LogP contribution in [0, 0.1) is 11.8 Å². The molecule has 0 saturated heterocycles. The van der Waals surface area contributed by atoms with Gasteiger partial charge in [0, 0.05) is 5.92 Å². The Hall–Kier alpha value is -1.47. The fourth-order valence-corrected chi connectivity index (χ4v) is 3.53. The van der Waals surface area contributed by atoms with E-state index in [0.29, 0.717) is 0 Å². The van der Waals surface area contributed by atoms with Gasteiger partial charge in [0.2, 0.25) is 11.8 Å². The first-order valence-corrected chi connectivity index (χ1v) is 8.17. The van der Waals surface area contributed by atoms with Gasteiger partial charge in [-0.05, 0) is 46.7 Å². The summed E-state index contributed by atoms with van der Waals surface area (Å²) in [5.41, 5.74) is 8.29. The standard InChI is InChI=1S/C16H30N4O3/c1-15(19-3,13(17)22)11(10-8-6-5-7-9-10)12(21)16(2,20-4)14(18)23/h10-11,19-20H,5-9H2,1-4H3,(H2,17,22)(H2,18,23). The number of likely N-dealkylation sites (N-methyl/N-ethyl adjacent to an activating group) is 2. The van der Waals surface area contributed by atoms with Crippen LogP contribution in [0.2, 0.25) is 0 Å². The zero-order chi connectivity index (χ0) is 17.8. The summed E-state index contributed by atoms with van der Waals surface area (Å²) < 4.78 is 0. The van der Waals surface area contributed by atoms with Crippen LogP contribution in [0.25, 0.3) is 0 Å². The van der Waals surface area contributed by atoms with Crippen molar-refractivity contribution in [2.45, 2.75) is 57.0 Å². The number of primary amides is 2. The first-order valence-electron chi connectivity index (χ1n) is 8.17. The first-order chi connectivity index (χ1) is 10.6. The Balaban J connectivity index is 3.36. The van der Waals surface area contributed by atoms with E-state index in [1.165, 1.54) is 14.0 Å². The minimum atomic E-state index is -1.53. The fraction of sp³-hybridized carbons (Fsp3) is 0.812. The molecule has 0 spiro atoms. The maximum Gasteiger partial charge on any atom is 0.245 e. The van der Waals surface area contributed by atoms with Crippen LogP contribution in [-0.2, 0) is 14.4 Å². The van der Waals surface area contributed by atoms with E-state index < -0.39 is 28.8 Å². The molecule has 0 aromatic rings. The van der Waals surface area contributed by atoms with E-state index in [4.69, 9.17) is 11.5 Å². The minimum Gasteiger partial charge on any atom is -0.368 e. The van der Waals surface area contributed by atoms with Crippen molar-refractivity contribution >= 4 is 17.6 Å². The molecule has 0 heterocycles. The molecule has 7 nitrogen and oxygen atoms in total. The van der Waals surface area contributed by atoms with Gasteiger partial charge in [-0.2, -0.15) is 0 Å². The number of amides is 2. The van der Waals surface area contributed by atoms with Gasteiger partial charge in [0.1, 0.15) is 5.54 Å². The smallest absolute Gasteiger partial charge is 0.245 e. The molecule has 132 valence electrons. The zero-order valence-corrected chi connectivity index (χ0v) is 14.6. The van der Waals surface area contributed by atoms with Crippen LogP contribution in [0.4, 0.5) is 0 Å². The number of ketones is 1. The molecule has 1 fully saturated rings. The molecule has 0 radical (unpaired) electrons. The molecule has 3 atom stereocenters. The Morgan fingerprint density at radius 3 is 1.83 bits per heavy atom. The van der Waals surface area contributed by atoms with Crippen LogP contribution in [0.5, 0.6) is 0 Å². The van der Waals surface area contributed by atoms with Gasteiger partial charge < -0.3 is 22.1 Å².